The molecule has 3 aromatic rings. The van der Waals surface area contributed by atoms with E-state index in [9.17, 15) is 48.3 Å². The number of fused-ring (bicyclic) bond motifs is 3. The normalized spacial score (nSPS) is 13.0. The molecular weight excluding hydrogens is 437 g/mol. The van der Waals surface area contributed by atoms with Crippen molar-refractivity contribution in [1.82, 2.24) is 0 Å². The maximum atomic E-state index is 14.5. The van der Waals surface area contributed by atoms with Crippen LogP contribution in [0.1, 0.15) is 22.6 Å². The number of halogens is 11. The van der Waals surface area contributed by atoms with E-state index in [4.69, 9.17) is 0 Å². The molecule has 0 unspecified atom stereocenters. The number of rotatable bonds is 1. The summed E-state index contributed by atoms with van der Waals surface area (Å²) in [7, 11) is 0. The summed E-state index contributed by atoms with van der Waals surface area (Å²) in [4.78, 5) is 0. The van der Waals surface area contributed by atoms with E-state index >= 15 is 0 Å². The summed E-state index contributed by atoms with van der Waals surface area (Å²) in [5.41, 5.74) is -7.19. The van der Waals surface area contributed by atoms with E-state index in [2.05, 4.69) is 0 Å². The highest BCUT2D eigenvalue weighted by atomic mass is 19.2. The molecule has 0 spiro atoms. The van der Waals surface area contributed by atoms with Gasteiger partial charge in [0.25, 0.3) is 0 Å². The molecule has 0 radical (unpaired) electrons. The van der Waals surface area contributed by atoms with Gasteiger partial charge in [-0.1, -0.05) is 6.07 Å². The predicted octanol–water partition coefficient (Wildman–Crippen LogP) is 6.38. The number of hydrogen-bond donors (Lipinski definition) is 0. The van der Waals surface area contributed by atoms with Gasteiger partial charge in [-0.2, -0.15) is 0 Å². The molecule has 0 amide bonds. The van der Waals surface area contributed by atoms with Gasteiger partial charge in [0, 0.05) is 33.7 Å². The van der Waals surface area contributed by atoms with Gasteiger partial charge in [-0.25, -0.2) is 48.3 Å². The highest BCUT2D eigenvalue weighted by Crippen LogP contribution is 2.54. The second-order valence-corrected chi connectivity index (χ2v) is 6.29. The van der Waals surface area contributed by atoms with E-state index in [0.29, 0.717) is 6.07 Å². The molecule has 0 heterocycles. The zero-order valence-corrected chi connectivity index (χ0v) is 13.9. The van der Waals surface area contributed by atoms with Gasteiger partial charge in [-0.05, 0) is 6.07 Å². The van der Waals surface area contributed by atoms with Crippen LogP contribution in [0, 0.1) is 64.0 Å². The second-order valence-electron chi connectivity index (χ2n) is 6.29. The van der Waals surface area contributed by atoms with Crippen molar-refractivity contribution in [2.24, 2.45) is 0 Å². The standard InChI is InChI=1S/C19H3F11/c20-4-2-1-3(10(21)11(4)22)5-6-8(14(25)18(29)16(27)12(6)23)9-7(5)13(24)17(28)19(30)15(9)26/h1-2,5H. The number of hydrogen-bond acceptors (Lipinski definition) is 0. The smallest absolute Gasteiger partial charge is 0.198 e. The Morgan fingerprint density at radius 2 is 0.800 bits per heavy atom. The molecule has 0 atom stereocenters. The summed E-state index contributed by atoms with van der Waals surface area (Å²) >= 11 is 0. The van der Waals surface area contributed by atoms with E-state index < -0.39 is 97.7 Å². The van der Waals surface area contributed by atoms with Crippen molar-refractivity contribution in [2.75, 3.05) is 0 Å². The summed E-state index contributed by atoms with van der Waals surface area (Å²) in [6, 6.07) is 0.669. The molecule has 0 aromatic heterocycles. The first-order chi connectivity index (χ1) is 14.0. The van der Waals surface area contributed by atoms with Crippen LogP contribution in [0.15, 0.2) is 12.1 Å². The van der Waals surface area contributed by atoms with Crippen LogP contribution in [0.25, 0.3) is 11.1 Å². The average molecular weight is 440 g/mol. The van der Waals surface area contributed by atoms with Crippen LogP contribution in [0.3, 0.4) is 0 Å². The van der Waals surface area contributed by atoms with E-state index in [1.165, 1.54) is 0 Å². The minimum absolute atomic E-state index is 0.272. The molecule has 0 saturated carbocycles. The van der Waals surface area contributed by atoms with Crippen LogP contribution in [0.2, 0.25) is 0 Å². The van der Waals surface area contributed by atoms with Gasteiger partial charge in [0.1, 0.15) is 0 Å². The molecule has 3 aromatic carbocycles. The highest BCUT2D eigenvalue weighted by molar-refractivity contribution is 5.82. The van der Waals surface area contributed by atoms with Gasteiger partial charge in [0.2, 0.25) is 0 Å². The van der Waals surface area contributed by atoms with Crippen LogP contribution in [-0.4, -0.2) is 0 Å². The SMILES string of the molecule is Fc1ccc(C2c3c(F)c(F)c(F)c(F)c3-c3c(F)c(F)c(F)c(F)c32)c(F)c1F. The van der Waals surface area contributed by atoms with Crippen LogP contribution < -0.4 is 0 Å². The van der Waals surface area contributed by atoms with E-state index in [-0.39, 0.29) is 6.07 Å². The summed E-state index contributed by atoms with van der Waals surface area (Å²) in [6.45, 7) is 0. The maximum absolute atomic E-state index is 14.5. The van der Waals surface area contributed by atoms with Crippen molar-refractivity contribution in [3.63, 3.8) is 0 Å². The Hall–Kier alpha value is -3.11. The maximum Gasteiger partial charge on any atom is 0.198 e. The van der Waals surface area contributed by atoms with Gasteiger partial charge < -0.3 is 0 Å². The van der Waals surface area contributed by atoms with Crippen molar-refractivity contribution in [3.05, 3.63) is 92.8 Å². The molecule has 0 fully saturated rings. The molecule has 0 nitrogen and oxygen atoms in total. The Labute approximate surface area is 159 Å². The fourth-order valence-corrected chi connectivity index (χ4v) is 3.55. The Bertz CT molecular complexity index is 1190. The van der Waals surface area contributed by atoms with Crippen molar-refractivity contribution < 1.29 is 48.3 Å². The Balaban J connectivity index is 2.26. The van der Waals surface area contributed by atoms with E-state index in [1.807, 2.05) is 0 Å². The van der Waals surface area contributed by atoms with Crippen molar-refractivity contribution in [3.8, 4) is 11.1 Å². The molecule has 1 aliphatic rings. The molecule has 0 bridgehead atoms. The molecule has 0 saturated heterocycles. The third kappa shape index (κ3) is 2.34. The third-order valence-corrected chi connectivity index (χ3v) is 4.81. The van der Waals surface area contributed by atoms with Gasteiger partial charge in [-0.3, -0.25) is 0 Å². The zero-order chi connectivity index (χ0) is 22.2. The molecule has 4 rings (SSSR count). The predicted molar refractivity (Wildman–Crippen MR) is 78.8 cm³/mol. The quantitative estimate of drug-likeness (QED) is 0.183. The molecule has 1 aliphatic carbocycles. The van der Waals surface area contributed by atoms with Crippen LogP contribution in [-0.2, 0) is 0 Å². The van der Waals surface area contributed by atoms with Crippen LogP contribution >= 0.6 is 0 Å². The molecule has 0 N–H and O–H groups in total. The first-order valence-corrected chi connectivity index (χ1v) is 7.86. The minimum atomic E-state index is -2.50. The van der Waals surface area contributed by atoms with E-state index in [0.717, 1.165) is 0 Å². The van der Waals surface area contributed by atoms with Gasteiger partial charge in [-0.15, -0.1) is 0 Å². The van der Waals surface area contributed by atoms with Gasteiger partial charge in [0.05, 0.1) is 0 Å². The lowest BCUT2D eigenvalue weighted by Gasteiger charge is -2.17. The fraction of sp³-hybridized carbons (Fsp3) is 0.0526. The summed E-state index contributed by atoms with van der Waals surface area (Å²) in [6.07, 6.45) is 0. The highest BCUT2D eigenvalue weighted by Gasteiger charge is 2.45. The minimum Gasteiger partial charge on any atom is -0.204 e. The topological polar surface area (TPSA) is 0 Å². The summed E-state index contributed by atoms with van der Waals surface area (Å²) in [5, 5.41) is 0. The summed E-state index contributed by atoms with van der Waals surface area (Å²) < 4.78 is 154. The summed E-state index contributed by atoms with van der Waals surface area (Å²) in [5.74, 6) is -27.6. The molecule has 30 heavy (non-hydrogen) atoms. The van der Waals surface area contributed by atoms with Crippen molar-refractivity contribution in [2.45, 2.75) is 5.92 Å². The Kier molecular flexibility index (Phi) is 4.33. The number of benzene rings is 3. The van der Waals surface area contributed by atoms with Crippen molar-refractivity contribution >= 4 is 0 Å². The second kappa shape index (κ2) is 6.44. The van der Waals surface area contributed by atoms with Gasteiger partial charge in [0.15, 0.2) is 64.0 Å². The van der Waals surface area contributed by atoms with Gasteiger partial charge >= 0.3 is 0 Å². The third-order valence-electron chi connectivity index (χ3n) is 4.81. The molecule has 11 heteroatoms. The van der Waals surface area contributed by atoms with Crippen LogP contribution in [0.5, 0.6) is 0 Å². The first kappa shape index (κ1) is 20.2. The largest absolute Gasteiger partial charge is 0.204 e. The molecule has 156 valence electrons. The molecule has 0 aliphatic heterocycles. The van der Waals surface area contributed by atoms with E-state index in [1.54, 1.807) is 0 Å². The Morgan fingerprint density at radius 3 is 1.23 bits per heavy atom. The lowest BCUT2D eigenvalue weighted by atomic mass is 9.88. The lowest BCUT2D eigenvalue weighted by Crippen LogP contribution is -2.11. The van der Waals surface area contributed by atoms with Crippen LogP contribution in [0.4, 0.5) is 48.3 Å². The van der Waals surface area contributed by atoms with Crippen molar-refractivity contribution in [1.29, 1.82) is 0 Å². The monoisotopic (exact) mass is 440 g/mol. The fourth-order valence-electron chi connectivity index (χ4n) is 3.55. The molecular formula is C19H3F11. The lowest BCUT2D eigenvalue weighted by molar-refractivity contribution is 0.404. The first-order valence-electron chi connectivity index (χ1n) is 7.86. The Morgan fingerprint density at radius 1 is 0.400 bits per heavy atom. The zero-order valence-electron chi connectivity index (χ0n) is 13.9. The average Bonchev–Trinajstić information content (AvgIpc) is 3.07.